The highest BCUT2D eigenvalue weighted by atomic mass is 16.5. The molecule has 0 spiro atoms. The van der Waals surface area contributed by atoms with Gasteiger partial charge in [-0.25, -0.2) is 9.59 Å². The fourth-order valence-electron chi connectivity index (χ4n) is 2.87. The zero-order chi connectivity index (χ0) is 18.0. The van der Waals surface area contributed by atoms with Crippen molar-refractivity contribution < 1.29 is 27.9 Å². The molecule has 0 amide bonds. The van der Waals surface area contributed by atoms with Gasteiger partial charge in [-0.1, -0.05) is 0 Å². The summed E-state index contributed by atoms with van der Waals surface area (Å²) >= 11 is 0. The highest BCUT2D eigenvalue weighted by Gasteiger charge is 2.32. The third-order valence-electron chi connectivity index (χ3n) is 3.73. The van der Waals surface area contributed by atoms with Gasteiger partial charge in [0.25, 0.3) is 0 Å². The second-order valence-corrected chi connectivity index (χ2v) is 5.37. The maximum Gasteiger partial charge on any atom is 0.342 e. The van der Waals surface area contributed by atoms with Gasteiger partial charge in [-0.3, -0.25) is 0 Å². The lowest BCUT2D eigenvalue weighted by molar-refractivity contribution is 0.0513. The molecule has 0 saturated heterocycles. The van der Waals surface area contributed by atoms with E-state index in [9.17, 15) is 9.59 Å². The molecule has 0 unspecified atom stereocenters. The highest BCUT2D eigenvalue weighted by Crippen LogP contribution is 2.39. The standard InChI is InChI=1S/C18H22O6/c1-7-21-17(19)15-11(5)23-9(3)13(15)14-10(4)24-12(6)16(14)18(20)22-8-2/h7-8H2,1-6H3. The SMILES string of the molecule is CCOC(=O)c1c(C)oc(C)c1-c1c(C)oc(C)c1C(=O)OCC. The molecular formula is C18H22O6. The molecule has 0 N–H and O–H groups in total. The molecule has 2 rings (SSSR count). The number of esters is 2. The molecule has 6 heteroatoms. The first kappa shape index (κ1) is 17.8. The van der Waals surface area contributed by atoms with Gasteiger partial charge >= 0.3 is 11.9 Å². The van der Waals surface area contributed by atoms with Crippen molar-refractivity contribution in [3.63, 3.8) is 0 Å². The van der Waals surface area contributed by atoms with E-state index in [-0.39, 0.29) is 13.2 Å². The van der Waals surface area contributed by atoms with Crippen LogP contribution in [-0.4, -0.2) is 25.2 Å². The molecule has 0 bridgehead atoms. The molecule has 24 heavy (non-hydrogen) atoms. The normalized spacial score (nSPS) is 10.8. The highest BCUT2D eigenvalue weighted by molar-refractivity contribution is 6.05. The molecule has 0 radical (unpaired) electrons. The maximum atomic E-state index is 12.4. The fourth-order valence-corrected chi connectivity index (χ4v) is 2.87. The van der Waals surface area contributed by atoms with Crippen molar-refractivity contribution >= 4 is 11.9 Å². The number of aryl methyl sites for hydroxylation is 4. The fraction of sp³-hybridized carbons (Fsp3) is 0.444. The minimum Gasteiger partial charge on any atom is -0.465 e. The van der Waals surface area contributed by atoms with Crippen LogP contribution in [0.25, 0.3) is 11.1 Å². The molecule has 2 aromatic rings. The van der Waals surface area contributed by atoms with Crippen molar-refractivity contribution in [3.8, 4) is 11.1 Å². The first-order valence-corrected chi connectivity index (χ1v) is 7.87. The molecular weight excluding hydrogens is 312 g/mol. The van der Waals surface area contributed by atoms with Crippen molar-refractivity contribution in [2.24, 2.45) is 0 Å². The van der Waals surface area contributed by atoms with E-state index in [1.165, 1.54) is 0 Å². The molecule has 2 aromatic heterocycles. The van der Waals surface area contributed by atoms with Crippen LogP contribution in [0.15, 0.2) is 8.83 Å². The Morgan fingerprint density at radius 2 is 1.04 bits per heavy atom. The lowest BCUT2D eigenvalue weighted by atomic mass is 9.96. The average molecular weight is 334 g/mol. The summed E-state index contributed by atoms with van der Waals surface area (Å²) in [5.41, 5.74) is 1.65. The van der Waals surface area contributed by atoms with Crippen molar-refractivity contribution in [2.45, 2.75) is 41.5 Å². The molecule has 0 aliphatic heterocycles. The van der Waals surface area contributed by atoms with Crippen molar-refractivity contribution in [2.75, 3.05) is 13.2 Å². The lowest BCUT2D eigenvalue weighted by Crippen LogP contribution is -2.10. The Hall–Kier alpha value is -2.50. The van der Waals surface area contributed by atoms with Gasteiger partial charge in [0, 0.05) is 11.1 Å². The van der Waals surface area contributed by atoms with Crippen molar-refractivity contribution in [3.05, 3.63) is 34.2 Å². The van der Waals surface area contributed by atoms with Gasteiger partial charge in [-0.2, -0.15) is 0 Å². The second kappa shape index (κ2) is 6.95. The Bertz CT molecular complexity index is 712. The van der Waals surface area contributed by atoms with Crippen LogP contribution in [0.1, 0.15) is 57.6 Å². The molecule has 2 heterocycles. The van der Waals surface area contributed by atoms with E-state index >= 15 is 0 Å². The minimum absolute atomic E-state index is 0.246. The zero-order valence-electron chi connectivity index (χ0n) is 14.9. The van der Waals surface area contributed by atoms with Crippen LogP contribution in [0.2, 0.25) is 0 Å². The van der Waals surface area contributed by atoms with E-state index in [2.05, 4.69) is 0 Å². The van der Waals surface area contributed by atoms with Crippen LogP contribution in [0, 0.1) is 27.7 Å². The molecule has 130 valence electrons. The summed E-state index contributed by atoms with van der Waals surface area (Å²) in [6, 6.07) is 0. The van der Waals surface area contributed by atoms with E-state index in [4.69, 9.17) is 18.3 Å². The van der Waals surface area contributed by atoms with Crippen molar-refractivity contribution in [1.82, 2.24) is 0 Å². The van der Waals surface area contributed by atoms with Gasteiger partial charge in [0.2, 0.25) is 0 Å². The van der Waals surface area contributed by atoms with Crippen molar-refractivity contribution in [1.29, 1.82) is 0 Å². The van der Waals surface area contributed by atoms with Crippen LogP contribution in [-0.2, 0) is 9.47 Å². The zero-order valence-corrected chi connectivity index (χ0v) is 14.9. The molecule has 0 aliphatic rings. The van der Waals surface area contributed by atoms with Crippen LogP contribution < -0.4 is 0 Å². The maximum absolute atomic E-state index is 12.4. The number of ether oxygens (including phenoxy) is 2. The Morgan fingerprint density at radius 1 is 0.708 bits per heavy atom. The summed E-state index contributed by atoms with van der Waals surface area (Å²) in [5.74, 6) is 0.933. The third-order valence-corrected chi connectivity index (χ3v) is 3.73. The van der Waals surface area contributed by atoms with Crippen LogP contribution in [0.5, 0.6) is 0 Å². The van der Waals surface area contributed by atoms with Crippen LogP contribution in [0.3, 0.4) is 0 Å². The summed E-state index contributed by atoms with van der Waals surface area (Å²) < 4.78 is 21.5. The first-order chi connectivity index (χ1) is 11.3. The number of carbonyl (C=O) groups excluding carboxylic acids is 2. The molecule has 0 atom stereocenters. The quantitative estimate of drug-likeness (QED) is 0.765. The monoisotopic (exact) mass is 334 g/mol. The summed E-state index contributed by atoms with van der Waals surface area (Å²) in [5, 5.41) is 0. The first-order valence-electron chi connectivity index (χ1n) is 7.87. The van der Waals surface area contributed by atoms with E-state index in [0.29, 0.717) is 45.3 Å². The molecule has 0 saturated carbocycles. The lowest BCUT2D eigenvalue weighted by Gasteiger charge is -2.07. The van der Waals surface area contributed by atoms with Gasteiger partial charge < -0.3 is 18.3 Å². The number of furan rings is 2. The van der Waals surface area contributed by atoms with Crippen LogP contribution >= 0.6 is 0 Å². The molecule has 0 fully saturated rings. The Kier molecular flexibility index (Phi) is 5.17. The predicted molar refractivity (Wildman–Crippen MR) is 87.3 cm³/mol. The summed E-state index contributed by atoms with van der Waals surface area (Å²) in [4.78, 5) is 24.7. The van der Waals surface area contributed by atoms with Gasteiger partial charge in [0.1, 0.15) is 34.2 Å². The molecule has 0 aliphatic carbocycles. The molecule has 0 aromatic carbocycles. The number of hydrogen-bond acceptors (Lipinski definition) is 6. The number of hydrogen-bond donors (Lipinski definition) is 0. The second-order valence-electron chi connectivity index (χ2n) is 5.37. The van der Waals surface area contributed by atoms with Gasteiger partial charge in [0.15, 0.2) is 0 Å². The largest absolute Gasteiger partial charge is 0.465 e. The predicted octanol–water partition coefficient (Wildman–Crippen LogP) is 4.13. The Labute approximate surface area is 140 Å². The number of rotatable bonds is 5. The Morgan fingerprint density at radius 3 is 1.33 bits per heavy atom. The average Bonchev–Trinajstić information content (AvgIpc) is 2.94. The van der Waals surface area contributed by atoms with E-state index in [1.807, 2.05) is 0 Å². The van der Waals surface area contributed by atoms with E-state index < -0.39 is 11.9 Å². The summed E-state index contributed by atoms with van der Waals surface area (Å²) in [6.45, 7) is 10.8. The molecule has 6 nitrogen and oxygen atoms in total. The van der Waals surface area contributed by atoms with E-state index in [1.54, 1.807) is 41.5 Å². The smallest absolute Gasteiger partial charge is 0.342 e. The van der Waals surface area contributed by atoms with Gasteiger partial charge in [-0.15, -0.1) is 0 Å². The topological polar surface area (TPSA) is 78.9 Å². The number of carbonyl (C=O) groups is 2. The summed E-state index contributed by atoms with van der Waals surface area (Å²) in [7, 11) is 0. The van der Waals surface area contributed by atoms with E-state index in [0.717, 1.165) is 0 Å². The third kappa shape index (κ3) is 2.96. The summed E-state index contributed by atoms with van der Waals surface area (Å²) in [6.07, 6.45) is 0. The van der Waals surface area contributed by atoms with Gasteiger partial charge in [0.05, 0.1) is 13.2 Å². The van der Waals surface area contributed by atoms with Gasteiger partial charge in [-0.05, 0) is 41.5 Å². The van der Waals surface area contributed by atoms with Crippen LogP contribution in [0.4, 0.5) is 0 Å². The minimum atomic E-state index is -0.491. The Balaban J connectivity index is 2.74.